The van der Waals surface area contributed by atoms with Crippen molar-refractivity contribution in [2.75, 3.05) is 18.8 Å². The molecule has 0 bridgehead atoms. The smallest absolute Gasteiger partial charge is 0.260 e. The second kappa shape index (κ2) is 4.63. The van der Waals surface area contributed by atoms with E-state index in [2.05, 4.69) is 6.92 Å². The molecule has 0 saturated carbocycles. The largest absolute Gasteiger partial charge is 0.328 e. The second-order valence-electron chi connectivity index (χ2n) is 5.02. The van der Waals surface area contributed by atoms with E-state index < -0.39 is 4.87 Å². The summed E-state index contributed by atoms with van der Waals surface area (Å²) in [6.45, 7) is 3.61. The van der Waals surface area contributed by atoms with Gasteiger partial charge in [-0.15, -0.1) is 0 Å². The van der Waals surface area contributed by atoms with E-state index in [1.807, 2.05) is 9.80 Å². The number of carbonyl (C=O) groups excluding carboxylic acids is 2. The molecule has 0 spiro atoms. The van der Waals surface area contributed by atoms with Crippen LogP contribution in [0.1, 0.15) is 32.6 Å². The van der Waals surface area contributed by atoms with Crippen molar-refractivity contribution in [3.05, 3.63) is 0 Å². The minimum Gasteiger partial charge on any atom is -0.328 e. The molecule has 0 aromatic heterocycles. The molecule has 0 unspecified atom stereocenters. The predicted molar refractivity (Wildman–Crippen MR) is 74.1 cm³/mol. The molecule has 3 rings (SSSR count). The van der Waals surface area contributed by atoms with Gasteiger partial charge in [0.2, 0.25) is 5.91 Å². The first-order chi connectivity index (χ1) is 8.70. The van der Waals surface area contributed by atoms with Crippen molar-refractivity contribution in [2.45, 2.75) is 43.5 Å². The van der Waals surface area contributed by atoms with E-state index in [1.54, 1.807) is 21.6 Å². The summed E-state index contributed by atoms with van der Waals surface area (Å²) in [6.07, 6.45) is 3.59. The summed E-state index contributed by atoms with van der Waals surface area (Å²) in [6, 6.07) is -0.157. The van der Waals surface area contributed by atoms with Crippen LogP contribution in [-0.4, -0.2) is 51.4 Å². The van der Waals surface area contributed by atoms with Crippen molar-refractivity contribution >= 4 is 33.4 Å². The topological polar surface area (TPSA) is 40.6 Å². The van der Waals surface area contributed by atoms with Crippen molar-refractivity contribution in [1.29, 1.82) is 0 Å². The van der Waals surface area contributed by atoms with Crippen molar-refractivity contribution in [3.63, 3.8) is 0 Å². The molecule has 3 saturated heterocycles. The molecule has 2 atom stereocenters. The molecule has 3 aliphatic rings. The number of fused-ring (bicyclic) bond motifs is 2. The normalized spacial score (nSPS) is 35.1. The van der Waals surface area contributed by atoms with E-state index in [9.17, 15) is 9.59 Å². The maximum Gasteiger partial charge on any atom is 0.260 e. The summed E-state index contributed by atoms with van der Waals surface area (Å²) in [5.41, 5.74) is 0. The van der Waals surface area contributed by atoms with Crippen LogP contribution in [-0.2, 0) is 9.59 Å². The van der Waals surface area contributed by atoms with Crippen molar-refractivity contribution in [2.24, 2.45) is 0 Å². The van der Waals surface area contributed by atoms with Crippen molar-refractivity contribution in [1.82, 2.24) is 9.80 Å². The average Bonchev–Trinajstić information content (AvgIpc) is 3.01. The van der Waals surface area contributed by atoms with Crippen LogP contribution < -0.4 is 0 Å². The van der Waals surface area contributed by atoms with Gasteiger partial charge >= 0.3 is 0 Å². The maximum atomic E-state index is 12.8. The van der Waals surface area contributed by atoms with Crippen LogP contribution in [0.25, 0.3) is 0 Å². The molecule has 18 heavy (non-hydrogen) atoms. The molecule has 3 fully saturated rings. The Kier molecular flexibility index (Phi) is 3.26. The second-order valence-corrected chi connectivity index (χ2v) is 7.89. The Bertz CT molecular complexity index is 390. The molecule has 0 aromatic carbocycles. The fourth-order valence-corrected chi connectivity index (χ4v) is 5.92. The first-order valence-corrected chi connectivity index (χ1v) is 8.96. The summed E-state index contributed by atoms with van der Waals surface area (Å²) < 4.78 is 0. The lowest BCUT2D eigenvalue weighted by atomic mass is 10.1. The van der Waals surface area contributed by atoms with Crippen LogP contribution in [0.5, 0.6) is 0 Å². The molecule has 6 heteroatoms. The van der Waals surface area contributed by atoms with Crippen molar-refractivity contribution < 1.29 is 9.59 Å². The molecule has 4 nitrogen and oxygen atoms in total. The molecular weight excluding hydrogens is 268 g/mol. The summed E-state index contributed by atoms with van der Waals surface area (Å²) in [7, 11) is 3.30. The van der Waals surface area contributed by atoms with Crippen LogP contribution in [0, 0.1) is 0 Å². The first-order valence-electron chi connectivity index (χ1n) is 6.64. The van der Waals surface area contributed by atoms with Gasteiger partial charge in [0.25, 0.3) is 5.91 Å². The van der Waals surface area contributed by atoms with Crippen LogP contribution in [0.3, 0.4) is 0 Å². The number of hydrogen-bond acceptors (Lipinski definition) is 4. The highest BCUT2D eigenvalue weighted by Gasteiger charge is 2.59. The van der Waals surface area contributed by atoms with E-state index in [4.69, 9.17) is 0 Å². The molecule has 2 amide bonds. The lowest BCUT2D eigenvalue weighted by Gasteiger charge is -2.46. The van der Waals surface area contributed by atoms with Crippen LogP contribution in [0.4, 0.5) is 0 Å². The van der Waals surface area contributed by atoms with Gasteiger partial charge in [-0.2, -0.15) is 0 Å². The van der Waals surface area contributed by atoms with Crippen LogP contribution in [0.2, 0.25) is 0 Å². The minimum atomic E-state index is -0.585. The highest BCUT2D eigenvalue weighted by molar-refractivity contribution is 8.77. The summed E-state index contributed by atoms with van der Waals surface area (Å²) in [5.74, 6) is 1.34. The number of hydrogen-bond donors (Lipinski definition) is 0. The summed E-state index contributed by atoms with van der Waals surface area (Å²) in [5, 5.41) is 0. The van der Waals surface area contributed by atoms with Crippen molar-refractivity contribution in [3.8, 4) is 0 Å². The third kappa shape index (κ3) is 1.61. The predicted octanol–water partition coefficient (Wildman–Crippen LogP) is 1.71. The third-order valence-electron chi connectivity index (χ3n) is 4.05. The van der Waals surface area contributed by atoms with Gasteiger partial charge in [0, 0.05) is 18.8 Å². The average molecular weight is 286 g/mol. The van der Waals surface area contributed by atoms with Gasteiger partial charge in [0.05, 0.1) is 0 Å². The summed E-state index contributed by atoms with van der Waals surface area (Å²) in [4.78, 5) is 28.4. The lowest BCUT2D eigenvalue weighted by molar-refractivity contribution is -0.159. The Morgan fingerprint density at radius 2 is 2.17 bits per heavy atom. The van der Waals surface area contributed by atoms with E-state index in [-0.39, 0.29) is 17.9 Å². The monoisotopic (exact) mass is 286 g/mol. The fraction of sp³-hybridized carbons (Fsp3) is 0.833. The summed E-state index contributed by atoms with van der Waals surface area (Å²) >= 11 is 0. The van der Waals surface area contributed by atoms with Crippen LogP contribution in [0.15, 0.2) is 0 Å². The Morgan fingerprint density at radius 1 is 1.33 bits per heavy atom. The molecular formula is C12H18N2O2S2. The number of carbonyl (C=O) groups is 2. The van der Waals surface area contributed by atoms with Gasteiger partial charge in [0.15, 0.2) is 4.87 Å². The van der Waals surface area contributed by atoms with Gasteiger partial charge in [-0.05, 0) is 25.7 Å². The zero-order valence-electron chi connectivity index (χ0n) is 10.6. The highest BCUT2D eigenvalue weighted by Crippen LogP contribution is 2.50. The molecule has 100 valence electrons. The minimum absolute atomic E-state index is 0.157. The zero-order valence-corrected chi connectivity index (χ0v) is 12.2. The van der Waals surface area contributed by atoms with E-state index >= 15 is 0 Å². The Labute approximate surface area is 115 Å². The van der Waals surface area contributed by atoms with Gasteiger partial charge in [0.1, 0.15) is 6.04 Å². The van der Waals surface area contributed by atoms with Crippen LogP contribution >= 0.6 is 21.6 Å². The molecule has 0 aliphatic carbocycles. The third-order valence-corrected chi connectivity index (χ3v) is 7.16. The molecule has 0 radical (unpaired) electrons. The SMILES string of the molecule is CCSS[C@]12CCCN1C(=O)[C@H]1CCCN1C2=O. The Morgan fingerprint density at radius 3 is 2.94 bits per heavy atom. The van der Waals surface area contributed by atoms with E-state index in [1.165, 1.54) is 0 Å². The van der Waals surface area contributed by atoms with E-state index in [0.29, 0.717) is 0 Å². The lowest BCUT2D eigenvalue weighted by Crippen LogP contribution is -2.66. The van der Waals surface area contributed by atoms with Gasteiger partial charge in [-0.25, -0.2) is 0 Å². The first kappa shape index (κ1) is 12.7. The van der Waals surface area contributed by atoms with Gasteiger partial charge in [-0.1, -0.05) is 28.5 Å². The molecule has 0 aromatic rings. The van der Waals surface area contributed by atoms with E-state index in [0.717, 1.165) is 44.5 Å². The zero-order chi connectivity index (χ0) is 12.8. The molecule has 3 aliphatic heterocycles. The Balaban J connectivity index is 1.94. The maximum absolute atomic E-state index is 12.8. The number of amides is 2. The number of rotatable bonds is 3. The Hall–Kier alpha value is -0.360. The standard InChI is InChI=1S/C12H18N2O2S2/c1-2-17-18-12-6-4-8-14(12)10(15)9-5-3-7-13(9)11(12)16/h9H,2-8H2,1H3/t9-,12+/m1/s1. The van der Waals surface area contributed by atoms with Gasteiger partial charge < -0.3 is 9.80 Å². The van der Waals surface area contributed by atoms with Gasteiger partial charge in [-0.3, -0.25) is 9.59 Å². The molecule has 0 N–H and O–H groups in total. The number of piperazine rings is 1. The number of nitrogens with zero attached hydrogens (tertiary/aromatic N) is 2. The fourth-order valence-electron chi connectivity index (χ4n) is 3.25. The molecule has 3 heterocycles. The highest BCUT2D eigenvalue weighted by atomic mass is 33.1. The quantitative estimate of drug-likeness (QED) is 0.741.